The summed E-state index contributed by atoms with van der Waals surface area (Å²) >= 11 is 0. The molecule has 15 atom stereocenters. The lowest BCUT2D eigenvalue weighted by Crippen LogP contribution is -2.70. The van der Waals surface area contributed by atoms with Crippen LogP contribution in [0.5, 0.6) is 0 Å². The SMILES string of the molecule is CC(=O)OC[C@H]1O[C@H](O[C@H]2[C@@H](OC(C)=O)[C@@H](COC(C)=O)O[C@@H](O[C@H]3[C@H](OCc4ccccc4)[C@@H](N4C(=O)c5ccccc5C4=O)[C@H](OC(C)=O)O[C@@H]3COCc3ccccc3)[C@@H]2OC(=O)c2ccccc2)[C@H](OC(C)=O)[C@@H](OC(C)=O)[C@H]1OC(C)=O. The third-order valence-corrected chi connectivity index (χ3v) is 13.8. The fraction of sp³-hybridized carbons (Fsp3) is 0.443. The van der Waals surface area contributed by atoms with E-state index in [-0.39, 0.29) is 29.9 Å². The van der Waals surface area contributed by atoms with Crippen LogP contribution in [0.1, 0.15) is 90.7 Å². The number of hydrogen-bond donors (Lipinski definition) is 0. The molecule has 0 N–H and O–H groups in total. The number of ether oxygens (including phenoxy) is 15. The minimum atomic E-state index is -2.10. The smallest absolute Gasteiger partial charge is 0.338 e. The Hall–Kier alpha value is -8.50. The highest BCUT2D eigenvalue weighted by molar-refractivity contribution is 6.21. The van der Waals surface area contributed by atoms with Gasteiger partial charge in [-0.2, -0.15) is 0 Å². The topological polar surface area (TPSA) is 312 Å². The first-order valence-electron chi connectivity index (χ1n) is 27.6. The van der Waals surface area contributed by atoms with Gasteiger partial charge >= 0.3 is 47.8 Å². The van der Waals surface area contributed by atoms with Crippen molar-refractivity contribution in [1.29, 1.82) is 0 Å². The number of esters is 8. The zero-order chi connectivity index (χ0) is 62.5. The molecule has 2 amide bonds. The van der Waals surface area contributed by atoms with Gasteiger partial charge in [0.1, 0.15) is 55.9 Å². The number of carbonyl (C=O) groups excluding carboxylic acids is 10. The van der Waals surface area contributed by atoms with Gasteiger partial charge in [-0.1, -0.05) is 91.0 Å². The summed E-state index contributed by atoms with van der Waals surface area (Å²) in [6, 6.07) is 29.3. The normalized spacial score (nSPS) is 27.6. The highest BCUT2D eigenvalue weighted by atomic mass is 16.8. The molecule has 0 unspecified atom stereocenters. The van der Waals surface area contributed by atoms with E-state index in [1.807, 2.05) is 0 Å². The van der Waals surface area contributed by atoms with Crippen molar-refractivity contribution < 1.29 is 119 Å². The van der Waals surface area contributed by atoms with E-state index < -0.39 is 171 Å². The maximum Gasteiger partial charge on any atom is 0.338 e. The van der Waals surface area contributed by atoms with Gasteiger partial charge in [-0.05, 0) is 35.4 Å². The predicted octanol–water partition coefficient (Wildman–Crippen LogP) is 4.04. The standard InChI is InChI=1S/C61H65NO25/c1-32(63)74-30-45-49(77-34(3)65)52(79-36(5)67)54(80-37(6)68)60(83-45)87-53-50(78-35(4)66)46(31-75-33(2)64)84-61(55(53)85-58(72)41-23-15-10-16-24-41)86-48-44(29-73-27-39-19-11-8-12-20-39)82-59(81-38(7)69)47(51(48)76-28-40-21-13-9-14-22-40)62-56(70)42-25-17-18-26-43(42)57(62)71/h8-26,44-55,59-61H,27-31H2,1-7H3/t44-,45-,46-,47-,48-,49+,50+,51-,52+,53+,54-,55-,59-,60-,61+/m1/s1. The van der Waals surface area contributed by atoms with Crippen LogP contribution in [0.15, 0.2) is 115 Å². The first-order chi connectivity index (χ1) is 41.7. The van der Waals surface area contributed by atoms with Crippen LogP contribution in [0.2, 0.25) is 0 Å². The third-order valence-electron chi connectivity index (χ3n) is 13.8. The summed E-state index contributed by atoms with van der Waals surface area (Å²) in [5, 5.41) is 0. The maximum absolute atomic E-state index is 14.7. The Bertz CT molecular complexity index is 3070. The second kappa shape index (κ2) is 29.7. The molecule has 87 heavy (non-hydrogen) atoms. The molecular formula is C61H65NO25. The van der Waals surface area contributed by atoms with E-state index >= 15 is 0 Å². The lowest BCUT2D eigenvalue weighted by molar-refractivity contribution is -0.377. The number of nitrogens with zero attached hydrogens (tertiary/aromatic N) is 1. The van der Waals surface area contributed by atoms with Crippen molar-refractivity contribution in [2.75, 3.05) is 19.8 Å². The van der Waals surface area contributed by atoms with E-state index in [1.54, 1.807) is 78.9 Å². The van der Waals surface area contributed by atoms with Crippen LogP contribution in [0.25, 0.3) is 0 Å². The molecule has 3 fully saturated rings. The van der Waals surface area contributed by atoms with Gasteiger partial charge in [0, 0.05) is 48.5 Å². The highest BCUT2D eigenvalue weighted by Gasteiger charge is 2.61. The number of carbonyl (C=O) groups is 10. The van der Waals surface area contributed by atoms with E-state index in [2.05, 4.69) is 0 Å². The van der Waals surface area contributed by atoms with Crippen molar-refractivity contribution in [3.8, 4) is 0 Å². The van der Waals surface area contributed by atoms with Crippen LogP contribution in [0.3, 0.4) is 0 Å². The van der Waals surface area contributed by atoms with Crippen LogP contribution >= 0.6 is 0 Å². The first kappa shape index (κ1) is 64.5. The molecular weight excluding hydrogens is 1150 g/mol. The number of fused-ring (bicyclic) bond motifs is 1. The Balaban J connectivity index is 1.33. The van der Waals surface area contributed by atoms with Gasteiger partial charge in [-0.15, -0.1) is 0 Å². The Morgan fingerprint density at radius 1 is 0.391 bits per heavy atom. The number of rotatable bonds is 23. The Kier molecular flexibility index (Phi) is 22.0. The van der Waals surface area contributed by atoms with E-state index in [1.165, 1.54) is 36.4 Å². The largest absolute Gasteiger partial charge is 0.463 e. The van der Waals surface area contributed by atoms with E-state index in [0.29, 0.717) is 11.1 Å². The van der Waals surface area contributed by atoms with Crippen LogP contribution in [0, 0.1) is 0 Å². The molecule has 0 bridgehead atoms. The van der Waals surface area contributed by atoms with Gasteiger partial charge in [-0.25, -0.2) is 4.79 Å². The first-order valence-corrected chi connectivity index (χ1v) is 27.6. The quantitative estimate of drug-likeness (QED) is 0.0575. The summed E-state index contributed by atoms with van der Waals surface area (Å²) in [5.74, 6) is -9.34. The van der Waals surface area contributed by atoms with Crippen molar-refractivity contribution in [3.63, 3.8) is 0 Å². The molecule has 26 nitrogen and oxygen atoms in total. The summed E-state index contributed by atoms with van der Waals surface area (Å²) in [4.78, 5) is 136. The summed E-state index contributed by atoms with van der Waals surface area (Å²) < 4.78 is 92.8. The van der Waals surface area contributed by atoms with E-state index in [4.69, 9.17) is 71.1 Å². The van der Waals surface area contributed by atoms with Crippen LogP contribution in [0.4, 0.5) is 0 Å². The average molecular weight is 1210 g/mol. The van der Waals surface area contributed by atoms with Crippen LogP contribution < -0.4 is 0 Å². The van der Waals surface area contributed by atoms with Gasteiger partial charge in [-0.3, -0.25) is 48.1 Å². The molecule has 0 saturated carbocycles. The zero-order valence-electron chi connectivity index (χ0n) is 48.3. The highest BCUT2D eigenvalue weighted by Crippen LogP contribution is 2.41. The van der Waals surface area contributed by atoms with Crippen molar-refractivity contribution in [3.05, 3.63) is 143 Å². The molecule has 3 saturated heterocycles. The second-order valence-electron chi connectivity index (χ2n) is 20.4. The second-order valence-corrected chi connectivity index (χ2v) is 20.4. The molecule has 4 aliphatic heterocycles. The maximum atomic E-state index is 14.7. The van der Waals surface area contributed by atoms with Gasteiger partial charge in [0.15, 0.2) is 43.1 Å². The van der Waals surface area contributed by atoms with Crippen molar-refractivity contribution in [2.45, 2.75) is 154 Å². The molecule has 0 aliphatic carbocycles. The van der Waals surface area contributed by atoms with Gasteiger partial charge in [0.2, 0.25) is 6.29 Å². The summed E-state index contributed by atoms with van der Waals surface area (Å²) in [6.07, 6.45) is -25.5. The Morgan fingerprint density at radius 3 is 1.29 bits per heavy atom. The summed E-state index contributed by atoms with van der Waals surface area (Å²) in [6.45, 7) is 5.00. The minimum Gasteiger partial charge on any atom is -0.463 e. The van der Waals surface area contributed by atoms with Crippen molar-refractivity contribution >= 4 is 59.6 Å². The fourth-order valence-electron chi connectivity index (χ4n) is 10.3. The summed E-state index contributed by atoms with van der Waals surface area (Å²) in [5.41, 5.74) is 1.19. The van der Waals surface area contributed by atoms with Crippen molar-refractivity contribution in [1.82, 2.24) is 4.90 Å². The van der Waals surface area contributed by atoms with Crippen LogP contribution in [-0.2, 0) is 118 Å². The molecule has 4 heterocycles. The summed E-state index contributed by atoms with van der Waals surface area (Å²) in [7, 11) is 0. The third kappa shape index (κ3) is 16.5. The lowest BCUT2D eigenvalue weighted by atomic mass is 9.93. The Labute approximate surface area is 498 Å². The number of hydrogen-bond acceptors (Lipinski definition) is 25. The number of imide groups is 1. The van der Waals surface area contributed by atoms with Gasteiger partial charge in [0.25, 0.3) is 11.8 Å². The Morgan fingerprint density at radius 2 is 0.793 bits per heavy atom. The van der Waals surface area contributed by atoms with Gasteiger partial charge in [0.05, 0.1) is 36.5 Å². The lowest BCUT2D eigenvalue weighted by Gasteiger charge is -2.51. The molecule has 0 aromatic heterocycles. The molecule has 4 aliphatic rings. The molecule has 26 heteroatoms. The molecule has 4 aromatic rings. The molecule has 0 radical (unpaired) electrons. The molecule has 4 aromatic carbocycles. The minimum absolute atomic E-state index is 0.00723. The molecule has 8 rings (SSSR count). The number of amides is 2. The van der Waals surface area contributed by atoms with E-state index in [0.717, 1.165) is 53.4 Å². The molecule has 464 valence electrons. The van der Waals surface area contributed by atoms with Gasteiger partial charge < -0.3 is 71.1 Å². The number of benzene rings is 4. The zero-order valence-corrected chi connectivity index (χ0v) is 48.3. The van der Waals surface area contributed by atoms with Crippen molar-refractivity contribution in [2.24, 2.45) is 0 Å². The monoisotopic (exact) mass is 1210 g/mol. The average Bonchev–Trinajstić information content (AvgIpc) is 2.12. The molecule has 0 spiro atoms. The fourth-order valence-corrected chi connectivity index (χ4v) is 10.3. The predicted molar refractivity (Wildman–Crippen MR) is 290 cm³/mol. The van der Waals surface area contributed by atoms with E-state index in [9.17, 15) is 47.9 Å². The van der Waals surface area contributed by atoms with Crippen LogP contribution in [-0.4, -0.2) is 176 Å².